The number of aromatic nitrogens is 2. The number of H-pyrrole nitrogens is 1. The van der Waals surface area contributed by atoms with Gasteiger partial charge in [0.1, 0.15) is 6.61 Å². The van der Waals surface area contributed by atoms with E-state index in [2.05, 4.69) is 20.4 Å². The highest BCUT2D eigenvalue weighted by Gasteiger charge is 2.17. The number of benzene rings is 1. The first kappa shape index (κ1) is 20.9. The number of carbonyl (C=O) groups excluding carboxylic acids is 1. The first-order valence-corrected chi connectivity index (χ1v) is 9.45. The lowest BCUT2D eigenvalue weighted by atomic mass is 10.1. The molecule has 0 aliphatic heterocycles. The van der Waals surface area contributed by atoms with Crippen LogP contribution in [-0.4, -0.2) is 65.0 Å². The molecule has 0 bridgehead atoms. The number of aromatic amines is 1. The van der Waals surface area contributed by atoms with E-state index in [-0.39, 0.29) is 25.0 Å². The van der Waals surface area contributed by atoms with Crippen molar-refractivity contribution in [1.82, 2.24) is 20.4 Å². The van der Waals surface area contributed by atoms with Crippen molar-refractivity contribution in [3.63, 3.8) is 0 Å². The normalized spacial score (nSPS) is 13.4. The summed E-state index contributed by atoms with van der Waals surface area (Å²) in [7, 11) is 0. The summed E-state index contributed by atoms with van der Waals surface area (Å²) in [6, 6.07) is 11.6. The van der Waals surface area contributed by atoms with Gasteiger partial charge >= 0.3 is 0 Å². The molecule has 0 fully saturated rings. The zero-order valence-electron chi connectivity index (χ0n) is 16.3. The van der Waals surface area contributed by atoms with Crippen LogP contribution in [0.3, 0.4) is 0 Å². The molecule has 0 spiro atoms. The third-order valence-corrected chi connectivity index (χ3v) is 4.44. The number of likely N-dealkylation sites (N-methyl/N-ethyl adjacent to an activating group) is 1. The van der Waals surface area contributed by atoms with Gasteiger partial charge < -0.3 is 20.1 Å². The monoisotopic (exact) mass is 374 g/mol. The molecule has 2 unspecified atom stereocenters. The Morgan fingerprint density at radius 2 is 2.00 bits per heavy atom. The lowest BCUT2D eigenvalue weighted by molar-refractivity contribution is -0.125. The summed E-state index contributed by atoms with van der Waals surface area (Å²) in [6.45, 7) is 8.64. The molecule has 0 aliphatic carbocycles. The van der Waals surface area contributed by atoms with E-state index in [0.717, 1.165) is 24.3 Å². The minimum absolute atomic E-state index is 0.146. The lowest BCUT2D eigenvalue weighted by Crippen LogP contribution is -2.42. The predicted molar refractivity (Wildman–Crippen MR) is 105 cm³/mol. The number of nitrogens with zero attached hydrogens (tertiary/aromatic N) is 2. The largest absolute Gasteiger partial charge is 0.476 e. The van der Waals surface area contributed by atoms with Gasteiger partial charge in [-0.15, -0.1) is 5.10 Å². The first-order chi connectivity index (χ1) is 13.0. The van der Waals surface area contributed by atoms with Gasteiger partial charge in [-0.3, -0.25) is 9.89 Å². The van der Waals surface area contributed by atoms with Crippen molar-refractivity contribution >= 4 is 5.91 Å². The molecule has 0 radical (unpaired) electrons. The summed E-state index contributed by atoms with van der Waals surface area (Å²) in [6.07, 6.45) is -0.582. The Kier molecular flexibility index (Phi) is 8.29. The summed E-state index contributed by atoms with van der Waals surface area (Å²) < 4.78 is 5.62. The number of carbonyl (C=O) groups is 1. The second-order valence-electron chi connectivity index (χ2n) is 6.58. The third kappa shape index (κ3) is 6.69. The molecular formula is C20H30N4O3. The zero-order valence-corrected chi connectivity index (χ0v) is 16.3. The van der Waals surface area contributed by atoms with E-state index in [4.69, 9.17) is 4.74 Å². The Morgan fingerprint density at radius 1 is 1.30 bits per heavy atom. The minimum atomic E-state index is -0.582. The van der Waals surface area contributed by atoms with Crippen LogP contribution in [0.25, 0.3) is 11.3 Å². The van der Waals surface area contributed by atoms with Gasteiger partial charge in [-0.05, 0) is 18.7 Å². The van der Waals surface area contributed by atoms with Crippen molar-refractivity contribution in [2.24, 2.45) is 5.92 Å². The smallest absolute Gasteiger partial charge is 0.233 e. The Balaban J connectivity index is 1.74. The van der Waals surface area contributed by atoms with E-state index >= 15 is 0 Å². The average molecular weight is 374 g/mol. The predicted octanol–water partition coefficient (Wildman–Crippen LogP) is 1.91. The van der Waals surface area contributed by atoms with Crippen LogP contribution in [0.5, 0.6) is 5.88 Å². The number of ether oxygens (including phenoxy) is 1. The van der Waals surface area contributed by atoms with Crippen molar-refractivity contribution in [3.8, 4) is 17.1 Å². The van der Waals surface area contributed by atoms with Gasteiger partial charge in [0.25, 0.3) is 0 Å². The van der Waals surface area contributed by atoms with Crippen LogP contribution in [0.1, 0.15) is 20.8 Å². The maximum Gasteiger partial charge on any atom is 0.233 e. The topological polar surface area (TPSA) is 90.5 Å². The van der Waals surface area contributed by atoms with Gasteiger partial charge in [0.15, 0.2) is 0 Å². The number of aliphatic hydroxyl groups excluding tert-OH is 1. The summed E-state index contributed by atoms with van der Waals surface area (Å²) in [5.41, 5.74) is 1.88. The Morgan fingerprint density at radius 3 is 2.67 bits per heavy atom. The molecule has 7 nitrogen and oxygen atoms in total. The van der Waals surface area contributed by atoms with Crippen LogP contribution in [0.4, 0.5) is 0 Å². The Bertz CT molecular complexity index is 686. The molecule has 1 heterocycles. The van der Waals surface area contributed by atoms with E-state index in [0.29, 0.717) is 12.4 Å². The van der Waals surface area contributed by atoms with Gasteiger partial charge in [-0.25, -0.2) is 0 Å². The summed E-state index contributed by atoms with van der Waals surface area (Å²) in [5, 5.41) is 19.9. The molecule has 0 aliphatic rings. The van der Waals surface area contributed by atoms with Crippen LogP contribution in [-0.2, 0) is 4.79 Å². The number of rotatable bonds is 11. The SMILES string of the molecule is CCN(CC)CC(O)CNC(=O)C(C)COc1cc(-c2ccccc2)[nH]n1. The van der Waals surface area contributed by atoms with E-state index in [1.165, 1.54) is 0 Å². The molecule has 27 heavy (non-hydrogen) atoms. The molecular weight excluding hydrogens is 344 g/mol. The fourth-order valence-corrected chi connectivity index (χ4v) is 2.67. The Labute approximate surface area is 160 Å². The quantitative estimate of drug-likeness (QED) is 0.559. The first-order valence-electron chi connectivity index (χ1n) is 9.45. The standard InChI is InChI=1S/C20H30N4O3/c1-4-24(5-2)13-17(25)12-21-20(26)15(3)14-27-19-11-18(22-23-19)16-9-7-6-8-10-16/h6-11,15,17,25H,4-5,12-14H2,1-3H3,(H,21,26)(H,22,23). The maximum atomic E-state index is 12.2. The maximum absolute atomic E-state index is 12.2. The highest BCUT2D eigenvalue weighted by atomic mass is 16.5. The molecule has 2 rings (SSSR count). The van der Waals surface area contributed by atoms with E-state index in [9.17, 15) is 9.90 Å². The fraction of sp³-hybridized carbons (Fsp3) is 0.500. The number of hydrogen-bond donors (Lipinski definition) is 3. The van der Waals surface area contributed by atoms with E-state index in [1.54, 1.807) is 6.92 Å². The van der Waals surface area contributed by atoms with E-state index in [1.807, 2.05) is 50.2 Å². The molecule has 2 atom stereocenters. The van der Waals surface area contributed by atoms with Crippen LogP contribution >= 0.6 is 0 Å². The summed E-state index contributed by atoms with van der Waals surface area (Å²) >= 11 is 0. The third-order valence-electron chi connectivity index (χ3n) is 4.44. The van der Waals surface area contributed by atoms with Gasteiger partial charge in [0.05, 0.1) is 17.7 Å². The molecule has 0 saturated carbocycles. The highest BCUT2D eigenvalue weighted by molar-refractivity contribution is 5.78. The van der Waals surface area contributed by atoms with Crippen molar-refractivity contribution in [2.75, 3.05) is 32.8 Å². The highest BCUT2D eigenvalue weighted by Crippen LogP contribution is 2.20. The molecule has 148 valence electrons. The molecule has 3 N–H and O–H groups in total. The average Bonchev–Trinajstić information content (AvgIpc) is 3.18. The van der Waals surface area contributed by atoms with Crippen molar-refractivity contribution in [2.45, 2.75) is 26.9 Å². The zero-order chi connectivity index (χ0) is 19.6. The van der Waals surface area contributed by atoms with Crippen molar-refractivity contribution in [1.29, 1.82) is 0 Å². The van der Waals surface area contributed by atoms with Gasteiger partial charge in [-0.1, -0.05) is 51.1 Å². The fourth-order valence-electron chi connectivity index (χ4n) is 2.67. The molecule has 1 aromatic carbocycles. The second-order valence-corrected chi connectivity index (χ2v) is 6.58. The lowest BCUT2D eigenvalue weighted by Gasteiger charge is -2.22. The number of aliphatic hydroxyl groups is 1. The van der Waals surface area contributed by atoms with Crippen molar-refractivity contribution in [3.05, 3.63) is 36.4 Å². The van der Waals surface area contributed by atoms with Gasteiger partial charge in [0.2, 0.25) is 11.8 Å². The van der Waals surface area contributed by atoms with Gasteiger partial charge in [0, 0.05) is 19.2 Å². The van der Waals surface area contributed by atoms with Crippen LogP contribution < -0.4 is 10.1 Å². The van der Waals surface area contributed by atoms with E-state index < -0.39 is 6.10 Å². The van der Waals surface area contributed by atoms with Gasteiger partial charge in [-0.2, -0.15) is 0 Å². The molecule has 7 heteroatoms. The molecule has 1 aromatic heterocycles. The second kappa shape index (κ2) is 10.7. The minimum Gasteiger partial charge on any atom is -0.476 e. The molecule has 1 amide bonds. The van der Waals surface area contributed by atoms with Crippen LogP contribution in [0.2, 0.25) is 0 Å². The Hall–Kier alpha value is -2.38. The number of amides is 1. The summed E-state index contributed by atoms with van der Waals surface area (Å²) in [4.78, 5) is 14.3. The van der Waals surface area contributed by atoms with Crippen molar-refractivity contribution < 1.29 is 14.6 Å². The summed E-state index contributed by atoms with van der Waals surface area (Å²) in [5.74, 6) is -0.0370. The molecule has 0 saturated heterocycles. The number of hydrogen-bond acceptors (Lipinski definition) is 5. The molecule has 2 aromatic rings. The van der Waals surface area contributed by atoms with Crippen LogP contribution in [0, 0.1) is 5.92 Å². The van der Waals surface area contributed by atoms with Crippen LogP contribution in [0.15, 0.2) is 36.4 Å². The number of nitrogens with one attached hydrogen (secondary N) is 2.